The minimum atomic E-state index is -0.439. The molecule has 1 unspecified atom stereocenters. The van der Waals surface area contributed by atoms with Crippen LogP contribution in [0.5, 0.6) is 0 Å². The van der Waals surface area contributed by atoms with Gasteiger partial charge in [0, 0.05) is 13.2 Å². The molecule has 0 radical (unpaired) electrons. The van der Waals surface area contributed by atoms with Crippen molar-refractivity contribution in [1.29, 1.82) is 0 Å². The summed E-state index contributed by atoms with van der Waals surface area (Å²) in [6, 6.07) is 0. The fraction of sp³-hybridized carbons (Fsp3) is 0.941. The van der Waals surface area contributed by atoms with Crippen LogP contribution in [-0.2, 0) is 9.47 Å². The zero-order chi connectivity index (χ0) is 15.9. The van der Waals surface area contributed by atoms with Crippen molar-refractivity contribution >= 4 is 6.09 Å². The summed E-state index contributed by atoms with van der Waals surface area (Å²) in [5.74, 6) is 0. The Bertz CT molecular complexity index is 324. The van der Waals surface area contributed by atoms with Crippen LogP contribution >= 0.6 is 0 Å². The Morgan fingerprint density at radius 1 is 1.24 bits per heavy atom. The number of likely N-dealkylation sites (tertiary alicyclic amines) is 1. The highest BCUT2D eigenvalue weighted by molar-refractivity contribution is 5.68. The largest absolute Gasteiger partial charge is 0.444 e. The van der Waals surface area contributed by atoms with Crippen molar-refractivity contribution in [3.63, 3.8) is 0 Å². The molecule has 1 heterocycles. The van der Waals surface area contributed by atoms with Crippen molar-refractivity contribution in [3.05, 3.63) is 0 Å². The van der Waals surface area contributed by atoms with Gasteiger partial charge in [-0.3, -0.25) is 0 Å². The highest BCUT2D eigenvalue weighted by Gasteiger charge is 2.37. The van der Waals surface area contributed by atoms with E-state index in [9.17, 15) is 4.79 Å². The number of amides is 1. The first-order valence-corrected chi connectivity index (χ1v) is 8.44. The molecule has 1 atom stereocenters. The lowest BCUT2D eigenvalue weighted by Gasteiger charge is -2.42. The molecule has 0 aromatic carbocycles. The Morgan fingerprint density at radius 2 is 1.95 bits per heavy atom. The number of hydrogen-bond donors (Lipinski definition) is 0. The van der Waals surface area contributed by atoms with Crippen LogP contribution in [0.1, 0.15) is 73.1 Å². The minimum Gasteiger partial charge on any atom is -0.444 e. The molecule has 0 aliphatic carbocycles. The lowest BCUT2D eigenvalue weighted by atomic mass is 9.90. The van der Waals surface area contributed by atoms with Gasteiger partial charge in [-0.1, -0.05) is 26.7 Å². The van der Waals surface area contributed by atoms with Crippen LogP contribution in [0.4, 0.5) is 4.79 Å². The molecule has 1 aliphatic heterocycles. The van der Waals surface area contributed by atoms with Gasteiger partial charge in [-0.25, -0.2) is 4.79 Å². The van der Waals surface area contributed by atoms with E-state index in [0.717, 1.165) is 38.8 Å². The van der Waals surface area contributed by atoms with Crippen LogP contribution in [0, 0.1) is 0 Å². The van der Waals surface area contributed by atoms with E-state index in [2.05, 4.69) is 13.8 Å². The number of rotatable bonds is 6. The van der Waals surface area contributed by atoms with Gasteiger partial charge >= 0.3 is 6.09 Å². The van der Waals surface area contributed by atoms with Crippen molar-refractivity contribution in [3.8, 4) is 0 Å². The average Bonchev–Trinajstić information content (AvgIpc) is 2.42. The van der Waals surface area contributed by atoms with Gasteiger partial charge in [0.15, 0.2) is 0 Å². The maximum Gasteiger partial charge on any atom is 0.410 e. The second-order valence-electron chi connectivity index (χ2n) is 7.10. The lowest BCUT2D eigenvalue weighted by molar-refractivity contribution is -0.0940. The third-order valence-corrected chi connectivity index (χ3v) is 3.99. The average molecular weight is 299 g/mol. The molecule has 0 aromatic rings. The van der Waals surface area contributed by atoms with E-state index in [-0.39, 0.29) is 11.7 Å². The van der Waals surface area contributed by atoms with Gasteiger partial charge in [0.2, 0.25) is 0 Å². The van der Waals surface area contributed by atoms with E-state index in [0.29, 0.717) is 6.54 Å². The minimum absolute atomic E-state index is 0.178. The molecule has 1 rings (SSSR count). The van der Waals surface area contributed by atoms with Crippen molar-refractivity contribution in [2.75, 3.05) is 19.7 Å². The van der Waals surface area contributed by atoms with Crippen LogP contribution in [0.2, 0.25) is 0 Å². The topological polar surface area (TPSA) is 38.8 Å². The second kappa shape index (κ2) is 8.02. The maximum atomic E-state index is 12.2. The van der Waals surface area contributed by atoms with Crippen LogP contribution in [0.3, 0.4) is 0 Å². The van der Waals surface area contributed by atoms with Gasteiger partial charge in [-0.15, -0.1) is 0 Å². The normalized spacial score (nSPS) is 23.2. The quantitative estimate of drug-likeness (QED) is 0.683. The molecule has 0 bridgehead atoms. The molecule has 4 heteroatoms. The van der Waals surface area contributed by atoms with E-state index in [1.165, 1.54) is 12.8 Å². The lowest BCUT2D eigenvalue weighted by Crippen LogP contribution is -2.52. The van der Waals surface area contributed by atoms with E-state index >= 15 is 0 Å². The molecule has 1 fully saturated rings. The fourth-order valence-electron chi connectivity index (χ4n) is 2.73. The fourth-order valence-corrected chi connectivity index (χ4v) is 2.73. The number of nitrogens with zero attached hydrogens (tertiary/aromatic N) is 1. The van der Waals surface area contributed by atoms with Crippen LogP contribution in [-0.4, -0.2) is 41.9 Å². The Hall–Kier alpha value is -0.770. The van der Waals surface area contributed by atoms with Crippen molar-refractivity contribution in [1.82, 2.24) is 4.90 Å². The third-order valence-electron chi connectivity index (χ3n) is 3.99. The van der Waals surface area contributed by atoms with Gasteiger partial charge in [-0.05, 0) is 46.5 Å². The Kier molecular flexibility index (Phi) is 6.98. The van der Waals surface area contributed by atoms with E-state index in [4.69, 9.17) is 9.47 Å². The van der Waals surface area contributed by atoms with E-state index < -0.39 is 5.60 Å². The number of carbonyl (C=O) groups excluding carboxylic acids is 1. The molecule has 1 amide bonds. The molecule has 0 spiro atoms. The Balaban J connectivity index is 2.56. The number of unbranched alkanes of at least 4 members (excludes halogenated alkanes) is 2. The summed E-state index contributed by atoms with van der Waals surface area (Å²) in [5.41, 5.74) is -0.617. The SMILES string of the molecule is CCCCCOC1(CC)CCCN(C(=O)OC(C)(C)C)C1. The predicted octanol–water partition coefficient (Wildman–Crippen LogP) is 4.37. The smallest absolute Gasteiger partial charge is 0.410 e. The molecule has 124 valence electrons. The first-order valence-electron chi connectivity index (χ1n) is 8.44. The summed E-state index contributed by atoms with van der Waals surface area (Å²) in [6.07, 6.45) is 6.26. The van der Waals surface area contributed by atoms with Crippen molar-refractivity contribution < 1.29 is 14.3 Å². The van der Waals surface area contributed by atoms with Crippen LogP contribution < -0.4 is 0 Å². The molecular weight excluding hydrogens is 266 g/mol. The number of carbonyl (C=O) groups is 1. The highest BCUT2D eigenvalue weighted by Crippen LogP contribution is 2.29. The van der Waals surface area contributed by atoms with Crippen LogP contribution in [0.25, 0.3) is 0 Å². The van der Waals surface area contributed by atoms with Crippen LogP contribution in [0.15, 0.2) is 0 Å². The van der Waals surface area contributed by atoms with E-state index in [1.54, 1.807) is 0 Å². The first-order chi connectivity index (χ1) is 9.82. The molecule has 0 aromatic heterocycles. The van der Waals surface area contributed by atoms with Crippen molar-refractivity contribution in [2.45, 2.75) is 84.3 Å². The third kappa shape index (κ3) is 6.25. The number of ether oxygens (including phenoxy) is 2. The Morgan fingerprint density at radius 3 is 2.52 bits per heavy atom. The monoisotopic (exact) mass is 299 g/mol. The molecule has 21 heavy (non-hydrogen) atoms. The van der Waals surface area contributed by atoms with Crippen molar-refractivity contribution in [2.24, 2.45) is 0 Å². The summed E-state index contributed by atoms with van der Waals surface area (Å²) in [5, 5.41) is 0. The first kappa shape index (κ1) is 18.3. The van der Waals surface area contributed by atoms with Gasteiger partial charge in [0.05, 0.1) is 12.1 Å². The Labute approximate surface area is 130 Å². The van der Waals surface area contributed by atoms with Gasteiger partial charge in [0.1, 0.15) is 5.60 Å². The summed E-state index contributed by atoms with van der Waals surface area (Å²) >= 11 is 0. The molecule has 1 saturated heterocycles. The molecule has 0 N–H and O–H groups in total. The second-order valence-corrected chi connectivity index (χ2v) is 7.10. The summed E-state index contributed by atoms with van der Waals surface area (Å²) in [7, 11) is 0. The van der Waals surface area contributed by atoms with Gasteiger partial charge in [-0.2, -0.15) is 0 Å². The molecule has 0 saturated carbocycles. The van der Waals surface area contributed by atoms with E-state index in [1.807, 2.05) is 25.7 Å². The molecular formula is C17H33NO3. The summed E-state index contributed by atoms with van der Waals surface area (Å²) in [4.78, 5) is 14.1. The standard InChI is InChI=1S/C17H33NO3/c1-6-8-9-13-20-17(7-2)11-10-12-18(14-17)15(19)21-16(3,4)5/h6-14H2,1-5H3. The number of piperidine rings is 1. The molecule has 4 nitrogen and oxygen atoms in total. The summed E-state index contributed by atoms with van der Waals surface area (Å²) < 4.78 is 11.7. The van der Waals surface area contributed by atoms with Gasteiger partial charge < -0.3 is 14.4 Å². The summed E-state index contributed by atoms with van der Waals surface area (Å²) in [6.45, 7) is 12.3. The molecule has 1 aliphatic rings. The predicted molar refractivity (Wildman–Crippen MR) is 85.5 cm³/mol. The highest BCUT2D eigenvalue weighted by atomic mass is 16.6. The maximum absolute atomic E-state index is 12.2. The number of hydrogen-bond acceptors (Lipinski definition) is 3. The van der Waals surface area contributed by atoms with Gasteiger partial charge in [0.25, 0.3) is 0 Å². The zero-order valence-electron chi connectivity index (χ0n) is 14.5. The zero-order valence-corrected chi connectivity index (χ0v) is 14.5.